The van der Waals surface area contributed by atoms with E-state index in [0.29, 0.717) is 22.5 Å². The molecule has 0 radical (unpaired) electrons. The van der Waals surface area contributed by atoms with Crippen LogP contribution in [0.2, 0.25) is 5.02 Å². The van der Waals surface area contributed by atoms with Crippen LogP contribution in [0.15, 0.2) is 71.4 Å². The number of imidazole rings is 1. The van der Waals surface area contributed by atoms with Crippen LogP contribution in [-0.2, 0) is 13.0 Å². The van der Waals surface area contributed by atoms with Crippen molar-refractivity contribution in [3.05, 3.63) is 89.2 Å². The summed E-state index contributed by atoms with van der Waals surface area (Å²) in [5.41, 5.74) is 1.51. The highest BCUT2D eigenvalue weighted by atomic mass is 35.5. The molecule has 0 aliphatic carbocycles. The number of hydrogen-bond acceptors (Lipinski definition) is 4. The van der Waals surface area contributed by atoms with E-state index in [4.69, 9.17) is 16.1 Å². The fourth-order valence-electron chi connectivity index (χ4n) is 3.79. The van der Waals surface area contributed by atoms with E-state index in [1.165, 1.54) is 47.2 Å². The summed E-state index contributed by atoms with van der Waals surface area (Å²) in [5.74, 6) is -3.53. The number of nitrogens with zero attached hydrogens (tertiary/aromatic N) is 4. The molecule has 5 nitrogen and oxygen atoms in total. The predicted molar refractivity (Wildman–Crippen MR) is 127 cm³/mol. The lowest BCUT2D eigenvalue weighted by Crippen LogP contribution is -2.07. The van der Waals surface area contributed by atoms with E-state index in [1.807, 2.05) is 0 Å². The van der Waals surface area contributed by atoms with E-state index >= 15 is 0 Å². The molecule has 182 valence electrons. The Balaban J connectivity index is 1.49. The van der Waals surface area contributed by atoms with Gasteiger partial charge in [0.1, 0.15) is 23.2 Å². The molecule has 5 rings (SSSR count). The van der Waals surface area contributed by atoms with Crippen molar-refractivity contribution in [1.29, 1.82) is 0 Å². The van der Waals surface area contributed by atoms with Gasteiger partial charge in [0.2, 0.25) is 5.82 Å². The highest BCUT2D eigenvalue weighted by molar-refractivity contribution is 6.30. The molecule has 5 aromatic rings. The number of hydrogen-bond donors (Lipinski definition) is 0. The molecule has 2 heterocycles. The standard InChI is InChI=1S/C26H17ClF4N4O/c1-26(30,31)22-13-35(2)24(32-22)15-5-3-14(4-6-15)23-33-25(36-34-23)18-9-8-17(28)12-19(18)20-11-16(27)7-10-21(20)29/h3-13H,1-2H3. The van der Waals surface area contributed by atoms with E-state index in [2.05, 4.69) is 15.1 Å². The maximum absolute atomic E-state index is 14.5. The summed E-state index contributed by atoms with van der Waals surface area (Å²) in [6.07, 6.45) is 1.29. The Kier molecular flexibility index (Phi) is 5.88. The van der Waals surface area contributed by atoms with Crippen molar-refractivity contribution in [3.63, 3.8) is 0 Å². The minimum Gasteiger partial charge on any atom is -0.334 e. The molecule has 0 saturated heterocycles. The van der Waals surface area contributed by atoms with Gasteiger partial charge in [-0.3, -0.25) is 0 Å². The zero-order chi connectivity index (χ0) is 25.6. The van der Waals surface area contributed by atoms with E-state index in [1.54, 1.807) is 31.3 Å². The molecule has 0 bridgehead atoms. The van der Waals surface area contributed by atoms with Crippen LogP contribution in [0.25, 0.3) is 45.4 Å². The predicted octanol–water partition coefficient (Wildman–Crippen LogP) is 7.51. The zero-order valence-electron chi connectivity index (χ0n) is 18.9. The van der Waals surface area contributed by atoms with Crippen LogP contribution in [0.5, 0.6) is 0 Å². The first-order chi connectivity index (χ1) is 17.1. The van der Waals surface area contributed by atoms with E-state index in [9.17, 15) is 17.6 Å². The van der Waals surface area contributed by atoms with Gasteiger partial charge in [0.05, 0.1) is 0 Å². The number of rotatable bonds is 5. The van der Waals surface area contributed by atoms with Gasteiger partial charge in [-0.2, -0.15) is 13.8 Å². The van der Waals surface area contributed by atoms with Gasteiger partial charge in [0.15, 0.2) is 0 Å². The van der Waals surface area contributed by atoms with Crippen LogP contribution in [-0.4, -0.2) is 19.7 Å². The first-order valence-corrected chi connectivity index (χ1v) is 11.1. The summed E-state index contributed by atoms with van der Waals surface area (Å²) < 4.78 is 62.8. The average Bonchev–Trinajstić information content (AvgIpc) is 3.48. The Morgan fingerprint density at radius 3 is 2.28 bits per heavy atom. The van der Waals surface area contributed by atoms with Gasteiger partial charge in [-0.1, -0.05) is 41.0 Å². The molecule has 36 heavy (non-hydrogen) atoms. The topological polar surface area (TPSA) is 56.7 Å². The number of halogens is 5. The SMILES string of the molecule is Cn1cc(C(C)(F)F)nc1-c1ccc(-c2noc(-c3ccc(F)cc3-c3cc(Cl)ccc3F)n2)cc1. The number of aromatic nitrogens is 4. The quantitative estimate of drug-likeness (QED) is 0.229. The van der Waals surface area contributed by atoms with E-state index in [0.717, 1.165) is 6.92 Å². The molecule has 10 heteroatoms. The van der Waals surface area contributed by atoms with Crippen LogP contribution in [0, 0.1) is 11.6 Å². The summed E-state index contributed by atoms with van der Waals surface area (Å²) in [6, 6.07) is 14.6. The molecule has 0 N–H and O–H groups in total. The molecule has 0 amide bonds. The third-order valence-electron chi connectivity index (χ3n) is 5.58. The Bertz CT molecular complexity index is 1570. The minimum atomic E-state index is -3.05. The average molecular weight is 513 g/mol. The van der Waals surface area contributed by atoms with Crippen molar-refractivity contribution >= 4 is 11.6 Å². The summed E-state index contributed by atoms with van der Waals surface area (Å²) in [5, 5.41) is 4.28. The summed E-state index contributed by atoms with van der Waals surface area (Å²) in [7, 11) is 1.64. The molecule has 0 fully saturated rings. The van der Waals surface area contributed by atoms with Gasteiger partial charge in [-0.05, 0) is 36.4 Å². The second kappa shape index (κ2) is 8.91. The van der Waals surface area contributed by atoms with Crippen LogP contribution in [0.1, 0.15) is 12.6 Å². The molecule has 0 saturated carbocycles. The number of aryl methyl sites for hydroxylation is 1. The molecule has 0 aliphatic rings. The molecular formula is C26H17ClF4N4O. The van der Waals surface area contributed by atoms with Gasteiger partial charge in [0, 0.05) is 53.0 Å². The summed E-state index contributed by atoms with van der Waals surface area (Å²) >= 11 is 6.02. The molecule has 0 atom stereocenters. The van der Waals surface area contributed by atoms with Crippen molar-refractivity contribution < 1.29 is 22.1 Å². The Morgan fingerprint density at radius 2 is 1.58 bits per heavy atom. The van der Waals surface area contributed by atoms with E-state index < -0.39 is 17.6 Å². The third-order valence-corrected chi connectivity index (χ3v) is 5.82. The fraction of sp³-hybridized carbons (Fsp3) is 0.115. The maximum Gasteiger partial charge on any atom is 0.288 e. The van der Waals surface area contributed by atoms with Crippen LogP contribution >= 0.6 is 11.6 Å². The Morgan fingerprint density at radius 1 is 0.861 bits per heavy atom. The summed E-state index contributed by atoms with van der Waals surface area (Å²) in [4.78, 5) is 8.45. The largest absolute Gasteiger partial charge is 0.334 e. The number of benzene rings is 3. The smallest absolute Gasteiger partial charge is 0.288 e. The molecular weight excluding hydrogens is 496 g/mol. The lowest BCUT2D eigenvalue weighted by molar-refractivity contribution is 0.0131. The fourth-order valence-corrected chi connectivity index (χ4v) is 3.97. The Hall–Kier alpha value is -3.98. The molecule has 0 unspecified atom stereocenters. The second-order valence-corrected chi connectivity index (χ2v) is 8.70. The zero-order valence-corrected chi connectivity index (χ0v) is 19.7. The van der Waals surface area contributed by atoms with Crippen molar-refractivity contribution in [3.8, 4) is 45.4 Å². The monoisotopic (exact) mass is 512 g/mol. The molecule has 0 aliphatic heterocycles. The molecule has 3 aromatic carbocycles. The van der Waals surface area contributed by atoms with Crippen LogP contribution < -0.4 is 0 Å². The Labute approximate surface area is 208 Å². The lowest BCUT2D eigenvalue weighted by Gasteiger charge is -2.08. The minimum absolute atomic E-state index is 0.0578. The lowest BCUT2D eigenvalue weighted by atomic mass is 9.99. The van der Waals surface area contributed by atoms with Gasteiger partial charge in [-0.25, -0.2) is 13.8 Å². The molecule has 2 aromatic heterocycles. The third kappa shape index (κ3) is 4.49. The normalized spacial score (nSPS) is 11.8. The first-order valence-electron chi connectivity index (χ1n) is 10.7. The highest BCUT2D eigenvalue weighted by Crippen LogP contribution is 2.36. The first kappa shape index (κ1) is 23.7. The van der Waals surface area contributed by atoms with Gasteiger partial charge in [-0.15, -0.1) is 0 Å². The maximum atomic E-state index is 14.5. The van der Waals surface area contributed by atoms with Crippen molar-refractivity contribution in [2.75, 3.05) is 0 Å². The van der Waals surface area contributed by atoms with Gasteiger partial charge < -0.3 is 9.09 Å². The van der Waals surface area contributed by atoms with Crippen LogP contribution in [0.4, 0.5) is 17.6 Å². The second-order valence-electron chi connectivity index (χ2n) is 8.26. The van der Waals surface area contributed by atoms with Gasteiger partial charge >= 0.3 is 0 Å². The van der Waals surface area contributed by atoms with Gasteiger partial charge in [0.25, 0.3) is 11.8 Å². The van der Waals surface area contributed by atoms with Crippen molar-refractivity contribution in [1.82, 2.24) is 19.7 Å². The van der Waals surface area contributed by atoms with Crippen LogP contribution in [0.3, 0.4) is 0 Å². The summed E-state index contributed by atoms with van der Waals surface area (Å²) in [6.45, 7) is 0.795. The van der Waals surface area contributed by atoms with Crippen molar-refractivity contribution in [2.24, 2.45) is 7.05 Å². The van der Waals surface area contributed by atoms with E-state index in [-0.39, 0.29) is 33.6 Å². The van der Waals surface area contributed by atoms with Crippen molar-refractivity contribution in [2.45, 2.75) is 12.8 Å². The molecule has 0 spiro atoms. The highest BCUT2D eigenvalue weighted by Gasteiger charge is 2.28. The number of alkyl halides is 2.